The zero-order valence-corrected chi connectivity index (χ0v) is 15.8. The van der Waals surface area contributed by atoms with Crippen LogP contribution in [0.3, 0.4) is 0 Å². The number of halogens is 1. The number of rotatable bonds is 4. The minimum Gasteiger partial charge on any atom is -0.350 e. The first-order valence-corrected chi connectivity index (χ1v) is 9.94. The Bertz CT molecular complexity index is 799. The van der Waals surface area contributed by atoms with Gasteiger partial charge in [0.2, 0.25) is 0 Å². The Hall–Kier alpha value is -2.21. The van der Waals surface area contributed by atoms with Crippen molar-refractivity contribution in [2.24, 2.45) is 13.0 Å². The molecule has 5 nitrogen and oxygen atoms in total. The Kier molecular flexibility index (Phi) is 5.25. The minimum absolute atomic E-state index is 0.0914. The molecule has 1 aromatic carbocycles. The van der Waals surface area contributed by atoms with E-state index >= 15 is 0 Å². The van der Waals surface area contributed by atoms with Crippen molar-refractivity contribution in [1.82, 2.24) is 20.0 Å². The molecule has 1 aromatic heterocycles. The number of fused-ring (bicyclic) bond motifs is 1. The number of hydrogen-bond donors (Lipinski definition) is 1. The summed E-state index contributed by atoms with van der Waals surface area (Å²) in [6, 6.07) is 8.56. The van der Waals surface area contributed by atoms with Crippen LogP contribution in [0.2, 0.25) is 0 Å². The van der Waals surface area contributed by atoms with Gasteiger partial charge in [0.05, 0.1) is 5.69 Å². The van der Waals surface area contributed by atoms with Crippen molar-refractivity contribution in [3.63, 3.8) is 0 Å². The van der Waals surface area contributed by atoms with E-state index in [4.69, 9.17) is 0 Å². The van der Waals surface area contributed by atoms with Gasteiger partial charge in [0.25, 0.3) is 5.91 Å². The van der Waals surface area contributed by atoms with E-state index in [0.29, 0.717) is 23.3 Å². The molecule has 144 valence electrons. The Labute approximate surface area is 159 Å². The molecule has 1 N–H and O–H groups in total. The van der Waals surface area contributed by atoms with Gasteiger partial charge in [0, 0.05) is 25.2 Å². The Balaban J connectivity index is 1.42. The van der Waals surface area contributed by atoms with Gasteiger partial charge >= 0.3 is 0 Å². The van der Waals surface area contributed by atoms with E-state index in [1.54, 1.807) is 29.9 Å². The quantitative estimate of drug-likeness (QED) is 0.899. The number of nitrogens with one attached hydrogen (secondary N) is 1. The third-order valence-electron chi connectivity index (χ3n) is 6.01. The normalized spacial score (nSPS) is 23.0. The van der Waals surface area contributed by atoms with E-state index in [0.717, 1.165) is 12.1 Å². The van der Waals surface area contributed by atoms with E-state index in [1.165, 1.54) is 57.3 Å². The fourth-order valence-electron chi connectivity index (χ4n) is 4.57. The first-order chi connectivity index (χ1) is 13.1. The predicted octanol–water partition coefficient (Wildman–Crippen LogP) is 3.22. The molecule has 0 spiro atoms. The van der Waals surface area contributed by atoms with Gasteiger partial charge in [0.15, 0.2) is 0 Å². The summed E-state index contributed by atoms with van der Waals surface area (Å²) in [4.78, 5) is 15.3. The van der Waals surface area contributed by atoms with E-state index in [-0.39, 0.29) is 11.7 Å². The van der Waals surface area contributed by atoms with Crippen LogP contribution in [0.5, 0.6) is 0 Å². The molecule has 0 aliphatic carbocycles. The SMILES string of the molecule is Cn1nc(-c2ccc(F)cc2)cc1C(=O)NC[C@@H]1CCCN2CCCCC12. The molecule has 2 aromatic rings. The van der Waals surface area contributed by atoms with Gasteiger partial charge in [-0.25, -0.2) is 4.39 Å². The molecule has 2 saturated heterocycles. The molecule has 2 aliphatic heterocycles. The lowest BCUT2D eigenvalue weighted by molar-refractivity contribution is 0.0574. The van der Waals surface area contributed by atoms with Gasteiger partial charge in [-0.1, -0.05) is 6.42 Å². The van der Waals surface area contributed by atoms with Crippen LogP contribution in [0.4, 0.5) is 4.39 Å². The highest BCUT2D eigenvalue weighted by molar-refractivity contribution is 5.93. The summed E-state index contributed by atoms with van der Waals surface area (Å²) in [7, 11) is 1.77. The molecule has 2 fully saturated rings. The summed E-state index contributed by atoms with van der Waals surface area (Å²) in [6.07, 6.45) is 6.26. The average Bonchev–Trinajstić information content (AvgIpc) is 3.08. The van der Waals surface area contributed by atoms with Gasteiger partial charge < -0.3 is 10.2 Å². The smallest absolute Gasteiger partial charge is 0.269 e. The van der Waals surface area contributed by atoms with E-state index in [2.05, 4.69) is 15.3 Å². The van der Waals surface area contributed by atoms with Crippen LogP contribution in [0, 0.1) is 11.7 Å². The second-order valence-electron chi connectivity index (χ2n) is 7.76. The zero-order chi connectivity index (χ0) is 18.8. The van der Waals surface area contributed by atoms with Crippen LogP contribution in [-0.4, -0.2) is 46.3 Å². The lowest BCUT2D eigenvalue weighted by Gasteiger charge is -2.44. The van der Waals surface area contributed by atoms with Crippen LogP contribution in [0.15, 0.2) is 30.3 Å². The molecule has 1 unspecified atom stereocenters. The molecule has 3 heterocycles. The van der Waals surface area contributed by atoms with Gasteiger partial charge in [-0.05, 0) is 75.0 Å². The van der Waals surface area contributed by atoms with Crippen molar-refractivity contribution in [1.29, 1.82) is 0 Å². The fourth-order valence-corrected chi connectivity index (χ4v) is 4.57. The van der Waals surface area contributed by atoms with E-state index < -0.39 is 0 Å². The Morgan fingerprint density at radius 2 is 1.96 bits per heavy atom. The Morgan fingerprint density at radius 1 is 1.19 bits per heavy atom. The topological polar surface area (TPSA) is 50.2 Å². The van der Waals surface area contributed by atoms with E-state index in [9.17, 15) is 9.18 Å². The molecule has 0 bridgehead atoms. The monoisotopic (exact) mass is 370 g/mol. The van der Waals surface area contributed by atoms with Crippen LogP contribution >= 0.6 is 0 Å². The summed E-state index contributed by atoms with van der Waals surface area (Å²) in [5.74, 6) is 0.163. The molecule has 2 aliphatic rings. The first kappa shape index (κ1) is 18.2. The number of aryl methyl sites for hydroxylation is 1. The van der Waals surface area contributed by atoms with Gasteiger partial charge in [0.1, 0.15) is 11.5 Å². The highest BCUT2D eigenvalue weighted by Gasteiger charge is 2.33. The highest BCUT2D eigenvalue weighted by atomic mass is 19.1. The van der Waals surface area contributed by atoms with Crippen LogP contribution in [-0.2, 0) is 7.05 Å². The first-order valence-electron chi connectivity index (χ1n) is 9.94. The summed E-state index contributed by atoms with van der Waals surface area (Å²) < 4.78 is 14.7. The molecule has 0 saturated carbocycles. The lowest BCUT2D eigenvalue weighted by Crippen LogP contribution is -2.51. The Morgan fingerprint density at radius 3 is 2.78 bits per heavy atom. The van der Waals surface area contributed by atoms with Gasteiger partial charge in [-0.15, -0.1) is 0 Å². The maximum absolute atomic E-state index is 13.1. The molecule has 2 atom stereocenters. The number of nitrogens with zero attached hydrogens (tertiary/aromatic N) is 3. The number of amides is 1. The van der Waals surface area contributed by atoms with Crippen molar-refractivity contribution in [3.05, 3.63) is 41.8 Å². The van der Waals surface area contributed by atoms with Crippen molar-refractivity contribution in [2.75, 3.05) is 19.6 Å². The van der Waals surface area contributed by atoms with Crippen LogP contribution < -0.4 is 5.32 Å². The van der Waals surface area contributed by atoms with Crippen LogP contribution in [0.1, 0.15) is 42.6 Å². The molecule has 6 heteroatoms. The highest BCUT2D eigenvalue weighted by Crippen LogP contribution is 2.30. The summed E-state index contributed by atoms with van der Waals surface area (Å²) in [6.45, 7) is 3.13. The lowest BCUT2D eigenvalue weighted by atomic mass is 9.83. The molecule has 1 amide bonds. The second kappa shape index (κ2) is 7.80. The molecular weight excluding hydrogens is 343 g/mol. The third kappa shape index (κ3) is 3.90. The zero-order valence-electron chi connectivity index (χ0n) is 15.8. The van der Waals surface area contributed by atoms with Crippen molar-refractivity contribution >= 4 is 5.91 Å². The van der Waals surface area contributed by atoms with Crippen molar-refractivity contribution < 1.29 is 9.18 Å². The summed E-state index contributed by atoms with van der Waals surface area (Å²) in [5.41, 5.74) is 2.01. The molecular formula is C21H27FN4O. The molecule has 0 radical (unpaired) electrons. The fraction of sp³-hybridized carbons (Fsp3) is 0.524. The number of benzene rings is 1. The van der Waals surface area contributed by atoms with Crippen molar-refractivity contribution in [2.45, 2.75) is 38.1 Å². The summed E-state index contributed by atoms with van der Waals surface area (Å²) >= 11 is 0. The second-order valence-corrected chi connectivity index (χ2v) is 7.76. The predicted molar refractivity (Wildman–Crippen MR) is 103 cm³/mol. The van der Waals surface area contributed by atoms with Gasteiger partial charge in [-0.2, -0.15) is 5.10 Å². The summed E-state index contributed by atoms with van der Waals surface area (Å²) in [5, 5.41) is 7.55. The average molecular weight is 370 g/mol. The molecule has 27 heavy (non-hydrogen) atoms. The maximum atomic E-state index is 13.1. The van der Waals surface area contributed by atoms with E-state index in [1.807, 2.05) is 0 Å². The molecule has 4 rings (SSSR count). The third-order valence-corrected chi connectivity index (χ3v) is 6.01. The largest absolute Gasteiger partial charge is 0.350 e. The van der Waals surface area contributed by atoms with Crippen LogP contribution in [0.25, 0.3) is 11.3 Å². The maximum Gasteiger partial charge on any atom is 0.269 e. The minimum atomic E-state index is -0.281. The number of hydrogen-bond acceptors (Lipinski definition) is 3. The standard InChI is InChI=1S/C21H27FN4O/c1-25-20(13-18(24-25)15-7-9-17(22)10-8-15)21(27)23-14-16-5-4-12-26-11-3-2-6-19(16)26/h7-10,13,16,19H,2-6,11-12,14H2,1H3,(H,23,27)/t16-,19?/m0/s1. The van der Waals surface area contributed by atoms with Gasteiger partial charge in [-0.3, -0.25) is 9.48 Å². The number of aromatic nitrogens is 2. The number of carbonyl (C=O) groups excluding carboxylic acids is 1. The van der Waals surface area contributed by atoms with Crippen molar-refractivity contribution in [3.8, 4) is 11.3 Å². The number of piperidine rings is 2. The number of carbonyl (C=O) groups is 1.